The van der Waals surface area contributed by atoms with E-state index >= 15 is 0 Å². The lowest BCUT2D eigenvalue weighted by atomic mass is 9.99. The molecular formula is C20H26ClN3O4. The van der Waals surface area contributed by atoms with Gasteiger partial charge in [0.1, 0.15) is 0 Å². The largest absolute Gasteiger partial charge is 0.376 e. The molecule has 0 spiro atoms. The van der Waals surface area contributed by atoms with Crippen LogP contribution in [0.1, 0.15) is 63.7 Å². The van der Waals surface area contributed by atoms with E-state index in [4.69, 9.17) is 4.74 Å². The molecule has 0 aromatic heterocycles. The number of imide groups is 1. The second kappa shape index (κ2) is 8.59. The van der Waals surface area contributed by atoms with Crippen LogP contribution >= 0.6 is 12.4 Å². The SMILES string of the molecule is CC1CC(NC(=O)c2ccc3c(c2)C(=O)N(CC2CCCO2)C3=O)CCN1.Cl. The van der Waals surface area contributed by atoms with Gasteiger partial charge in [-0.05, 0) is 57.4 Å². The molecule has 0 bridgehead atoms. The van der Waals surface area contributed by atoms with Crippen LogP contribution in [-0.4, -0.2) is 60.5 Å². The Morgan fingerprint density at radius 3 is 2.75 bits per heavy atom. The highest BCUT2D eigenvalue weighted by Gasteiger charge is 2.38. The molecule has 3 aliphatic rings. The minimum Gasteiger partial charge on any atom is -0.376 e. The first-order chi connectivity index (χ1) is 13.0. The van der Waals surface area contributed by atoms with Crippen LogP contribution < -0.4 is 10.6 Å². The van der Waals surface area contributed by atoms with E-state index in [1.807, 2.05) is 0 Å². The second-order valence-corrected chi connectivity index (χ2v) is 7.67. The van der Waals surface area contributed by atoms with E-state index in [-0.39, 0.29) is 48.8 Å². The Hall–Kier alpha value is -1.96. The standard InChI is InChI=1S/C20H25N3O4.ClH/c1-12-9-14(6-7-21-12)22-18(24)13-4-5-16-17(10-13)20(26)23(19(16)25)11-15-3-2-8-27-15;/h4-5,10,12,14-15,21H,2-3,6-9,11H2,1H3,(H,22,24);1H. The van der Waals surface area contributed by atoms with Gasteiger partial charge in [0, 0.05) is 24.3 Å². The molecule has 2 saturated heterocycles. The van der Waals surface area contributed by atoms with Crippen molar-refractivity contribution < 1.29 is 19.1 Å². The van der Waals surface area contributed by atoms with Crippen LogP contribution in [0, 0.1) is 0 Å². The molecule has 0 saturated carbocycles. The van der Waals surface area contributed by atoms with Gasteiger partial charge in [0.15, 0.2) is 0 Å². The molecule has 4 rings (SSSR count). The summed E-state index contributed by atoms with van der Waals surface area (Å²) >= 11 is 0. The summed E-state index contributed by atoms with van der Waals surface area (Å²) in [5, 5.41) is 6.40. The number of nitrogens with zero attached hydrogens (tertiary/aromatic N) is 1. The normalized spacial score (nSPS) is 26.8. The van der Waals surface area contributed by atoms with E-state index in [1.54, 1.807) is 18.2 Å². The first-order valence-electron chi connectivity index (χ1n) is 9.69. The highest BCUT2D eigenvalue weighted by molar-refractivity contribution is 6.22. The third kappa shape index (κ3) is 4.06. The number of ether oxygens (including phenoxy) is 1. The molecular weight excluding hydrogens is 382 g/mol. The average Bonchev–Trinajstić information content (AvgIpc) is 3.25. The number of benzene rings is 1. The van der Waals surface area contributed by atoms with Crippen LogP contribution in [-0.2, 0) is 4.74 Å². The molecule has 0 aliphatic carbocycles. The average molecular weight is 408 g/mol. The smallest absolute Gasteiger partial charge is 0.261 e. The number of hydrogen-bond acceptors (Lipinski definition) is 5. The third-order valence-electron chi connectivity index (χ3n) is 5.60. The van der Waals surface area contributed by atoms with Crippen molar-refractivity contribution in [2.24, 2.45) is 0 Å². The number of rotatable bonds is 4. The molecule has 3 heterocycles. The van der Waals surface area contributed by atoms with Gasteiger partial charge in [-0.15, -0.1) is 12.4 Å². The molecule has 8 heteroatoms. The van der Waals surface area contributed by atoms with Crippen molar-refractivity contribution in [3.8, 4) is 0 Å². The molecule has 28 heavy (non-hydrogen) atoms. The molecule has 0 radical (unpaired) electrons. The molecule has 3 unspecified atom stereocenters. The Labute approximate surface area is 170 Å². The van der Waals surface area contributed by atoms with Crippen LogP contribution in [0.3, 0.4) is 0 Å². The summed E-state index contributed by atoms with van der Waals surface area (Å²) in [5.41, 5.74) is 1.09. The van der Waals surface area contributed by atoms with Gasteiger partial charge in [0.25, 0.3) is 17.7 Å². The maximum absolute atomic E-state index is 12.7. The molecule has 7 nitrogen and oxygen atoms in total. The lowest BCUT2D eigenvalue weighted by Crippen LogP contribution is -2.46. The number of amides is 3. The van der Waals surface area contributed by atoms with Gasteiger partial charge in [-0.3, -0.25) is 19.3 Å². The fourth-order valence-electron chi connectivity index (χ4n) is 4.12. The maximum atomic E-state index is 12.7. The predicted molar refractivity (Wildman–Crippen MR) is 106 cm³/mol. The monoisotopic (exact) mass is 407 g/mol. The molecule has 1 aromatic rings. The van der Waals surface area contributed by atoms with E-state index in [0.717, 1.165) is 32.2 Å². The van der Waals surface area contributed by atoms with Gasteiger partial charge in [-0.2, -0.15) is 0 Å². The molecule has 152 valence electrons. The minimum atomic E-state index is -0.337. The van der Waals surface area contributed by atoms with Crippen molar-refractivity contribution in [2.45, 2.75) is 50.8 Å². The Kier molecular flexibility index (Phi) is 6.37. The lowest BCUT2D eigenvalue weighted by molar-refractivity contribution is 0.0475. The Morgan fingerprint density at radius 2 is 2.04 bits per heavy atom. The first-order valence-corrected chi connectivity index (χ1v) is 9.69. The van der Waals surface area contributed by atoms with E-state index < -0.39 is 0 Å². The summed E-state index contributed by atoms with van der Waals surface area (Å²) in [6.07, 6.45) is 3.48. The Bertz CT molecular complexity index is 779. The Balaban J connectivity index is 0.00000225. The van der Waals surface area contributed by atoms with Crippen molar-refractivity contribution in [3.63, 3.8) is 0 Å². The minimum absolute atomic E-state index is 0. The summed E-state index contributed by atoms with van der Waals surface area (Å²) in [4.78, 5) is 39.1. The number of nitrogens with one attached hydrogen (secondary N) is 2. The van der Waals surface area contributed by atoms with Crippen LogP contribution in [0.4, 0.5) is 0 Å². The molecule has 3 aliphatic heterocycles. The zero-order valence-electron chi connectivity index (χ0n) is 15.9. The zero-order chi connectivity index (χ0) is 19.0. The molecule has 2 fully saturated rings. The van der Waals surface area contributed by atoms with Gasteiger partial charge < -0.3 is 15.4 Å². The van der Waals surface area contributed by atoms with Gasteiger partial charge in [-0.1, -0.05) is 0 Å². The van der Waals surface area contributed by atoms with Crippen LogP contribution in [0.25, 0.3) is 0 Å². The van der Waals surface area contributed by atoms with Crippen molar-refractivity contribution in [3.05, 3.63) is 34.9 Å². The summed E-state index contributed by atoms with van der Waals surface area (Å²) in [6, 6.07) is 5.25. The van der Waals surface area contributed by atoms with Crippen molar-refractivity contribution in [1.29, 1.82) is 0 Å². The number of piperidine rings is 1. The van der Waals surface area contributed by atoms with E-state index in [2.05, 4.69) is 17.6 Å². The number of fused-ring (bicyclic) bond motifs is 1. The molecule has 3 amide bonds. The van der Waals surface area contributed by atoms with Gasteiger partial charge >= 0.3 is 0 Å². The summed E-state index contributed by atoms with van der Waals surface area (Å²) in [7, 11) is 0. The van der Waals surface area contributed by atoms with Crippen LogP contribution in [0.2, 0.25) is 0 Å². The maximum Gasteiger partial charge on any atom is 0.261 e. The second-order valence-electron chi connectivity index (χ2n) is 7.67. The summed E-state index contributed by atoms with van der Waals surface area (Å²) in [5.74, 6) is -0.838. The highest BCUT2D eigenvalue weighted by Crippen LogP contribution is 2.26. The van der Waals surface area contributed by atoms with Gasteiger partial charge in [-0.25, -0.2) is 0 Å². The van der Waals surface area contributed by atoms with Crippen molar-refractivity contribution in [2.75, 3.05) is 19.7 Å². The fraction of sp³-hybridized carbons (Fsp3) is 0.550. The quantitative estimate of drug-likeness (QED) is 0.742. The van der Waals surface area contributed by atoms with Crippen molar-refractivity contribution in [1.82, 2.24) is 15.5 Å². The summed E-state index contributed by atoms with van der Waals surface area (Å²) in [6.45, 7) is 3.93. The fourth-order valence-corrected chi connectivity index (χ4v) is 4.12. The number of carbonyl (C=O) groups is 3. The van der Waals surface area contributed by atoms with Crippen LogP contribution in [0.15, 0.2) is 18.2 Å². The predicted octanol–water partition coefficient (Wildman–Crippen LogP) is 1.75. The number of halogens is 1. The topological polar surface area (TPSA) is 87.7 Å². The number of hydrogen-bond donors (Lipinski definition) is 2. The zero-order valence-corrected chi connectivity index (χ0v) is 16.7. The summed E-state index contributed by atoms with van der Waals surface area (Å²) < 4.78 is 5.55. The van der Waals surface area contributed by atoms with Gasteiger partial charge in [0.2, 0.25) is 0 Å². The number of carbonyl (C=O) groups excluding carboxylic acids is 3. The Morgan fingerprint density at radius 1 is 1.25 bits per heavy atom. The van der Waals surface area contributed by atoms with Crippen LogP contribution in [0.5, 0.6) is 0 Å². The molecule has 1 aromatic carbocycles. The molecule has 3 atom stereocenters. The lowest BCUT2D eigenvalue weighted by Gasteiger charge is -2.28. The molecule has 2 N–H and O–H groups in total. The van der Waals surface area contributed by atoms with E-state index in [9.17, 15) is 14.4 Å². The van der Waals surface area contributed by atoms with E-state index in [1.165, 1.54) is 4.90 Å². The van der Waals surface area contributed by atoms with Gasteiger partial charge in [0.05, 0.1) is 23.8 Å². The van der Waals surface area contributed by atoms with Crippen molar-refractivity contribution >= 4 is 30.1 Å². The highest BCUT2D eigenvalue weighted by atomic mass is 35.5. The third-order valence-corrected chi connectivity index (χ3v) is 5.60. The van der Waals surface area contributed by atoms with E-state index in [0.29, 0.717) is 29.3 Å². The first kappa shape index (κ1) is 20.8.